The number of rotatable bonds is 6. The molecule has 0 radical (unpaired) electrons. The third-order valence-corrected chi connectivity index (χ3v) is 4.33. The Labute approximate surface area is 123 Å². The number of fused-ring (bicyclic) bond motifs is 1. The monoisotopic (exact) mass is 310 g/mol. The van der Waals surface area contributed by atoms with Gasteiger partial charge in [0, 0.05) is 19.2 Å². The van der Waals surface area contributed by atoms with E-state index in [-0.39, 0.29) is 11.3 Å². The lowest BCUT2D eigenvalue weighted by Crippen LogP contribution is -2.09. The summed E-state index contributed by atoms with van der Waals surface area (Å²) in [5.41, 5.74) is 1.37. The average Bonchev–Trinajstić information content (AvgIpc) is 2.75. The van der Waals surface area contributed by atoms with E-state index in [1.165, 1.54) is 12.3 Å². The van der Waals surface area contributed by atoms with Crippen molar-refractivity contribution < 1.29 is 18.3 Å². The first kappa shape index (κ1) is 15.5. The Balaban J connectivity index is 2.42. The normalized spacial score (nSPS) is 11.9. The molecule has 21 heavy (non-hydrogen) atoms. The summed E-state index contributed by atoms with van der Waals surface area (Å²) in [7, 11) is -3.00. The smallest absolute Gasteiger partial charge is 0.337 e. The van der Waals surface area contributed by atoms with Gasteiger partial charge in [-0.3, -0.25) is 0 Å². The van der Waals surface area contributed by atoms with Gasteiger partial charge in [-0.15, -0.1) is 0 Å². The molecule has 0 spiro atoms. The van der Waals surface area contributed by atoms with Crippen LogP contribution in [0.3, 0.4) is 0 Å². The van der Waals surface area contributed by atoms with Crippen molar-refractivity contribution in [2.75, 3.05) is 12.0 Å². The largest absolute Gasteiger partial charge is 0.478 e. The van der Waals surface area contributed by atoms with E-state index in [9.17, 15) is 18.3 Å². The molecule has 1 aromatic heterocycles. The maximum atomic E-state index is 11.2. The van der Waals surface area contributed by atoms with Crippen LogP contribution in [0.15, 0.2) is 18.2 Å². The SMILES string of the molecule is CCc1nc2c(C(=O)O)cccc2n1CCCS(C)(=O)=O. The number of nitrogens with zero attached hydrogens (tertiary/aromatic N) is 2. The summed E-state index contributed by atoms with van der Waals surface area (Å²) in [6.07, 6.45) is 2.35. The van der Waals surface area contributed by atoms with E-state index in [0.717, 1.165) is 11.3 Å². The van der Waals surface area contributed by atoms with Crippen molar-refractivity contribution in [3.8, 4) is 0 Å². The van der Waals surface area contributed by atoms with Gasteiger partial charge < -0.3 is 9.67 Å². The third-order valence-electron chi connectivity index (χ3n) is 3.30. The van der Waals surface area contributed by atoms with Crippen molar-refractivity contribution >= 4 is 26.8 Å². The fourth-order valence-corrected chi connectivity index (χ4v) is 3.03. The maximum absolute atomic E-state index is 11.2. The first-order chi connectivity index (χ1) is 9.83. The van der Waals surface area contributed by atoms with Gasteiger partial charge in [-0.2, -0.15) is 0 Å². The first-order valence-electron chi connectivity index (χ1n) is 6.72. The van der Waals surface area contributed by atoms with E-state index >= 15 is 0 Å². The lowest BCUT2D eigenvalue weighted by molar-refractivity contribution is 0.0699. The van der Waals surface area contributed by atoms with Crippen LogP contribution in [0.4, 0.5) is 0 Å². The van der Waals surface area contributed by atoms with Crippen LogP contribution < -0.4 is 0 Å². The highest BCUT2D eigenvalue weighted by molar-refractivity contribution is 7.90. The Bertz CT molecular complexity index is 778. The van der Waals surface area contributed by atoms with Crippen molar-refractivity contribution in [3.63, 3.8) is 0 Å². The number of benzene rings is 1. The fourth-order valence-electron chi connectivity index (χ4n) is 2.37. The van der Waals surface area contributed by atoms with Crippen LogP contribution in [-0.4, -0.2) is 41.1 Å². The zero-order valence-corrected chi connectivity index (χ0v) is 12.9. The van der Waals surface area contributed by atoms with Gasteiger partial charge in [0.2, 0.25) is 0 Å². The molecule has 1 aromatic carbocycles. The topological polar surface area (TPSA) is 89.3 Å². The highest BCUT2D eigenvalue weighted by Gasteiger charge is 2.16. The van der Waals surface area contributed by atoms with Crippen molar-refractivity contribution in [2.45, 2.75) is 26.3 Å². The summed E-state index contributed by atoms with van der Waals surface area (Å²) in [5.74, 6) is -0.134. The molecule has 1 heterocycles. The minimum Gasteiger partial charge on any atom is -0.478 e. The van der Waals surface area contributed by atoms with Crippen LogP contribution in [-0.2, 0) is 22.8 Å². The molecule has 0 aliphatic carbocycles. The number of carboxylic acids is 1. The van der Waals surface area contributed by atoms with Gasteiger partial charge >= 0.3 is 5.97 Å². The second kappa shape index (κ2) is 5.85. The van der Waals surface area contributed by atoms with Crippen LogP contribution >= 0.6 is 0 Å². The number of para-hydroxylation sites is 1. The van der Waals surface area contributed by atoms with Gasteiger partial charge in [-0.1, -0.05) is 13.0 Å². The molecule has 0 fully saturated rings. The van der Waals surface area contributed by atoms with E-state index < -0.39 is 15.8 Å². The Hall–Kier alpha value is -1.89. The Morgan fingerprint density at radius 1 is 1.38 bits per heavy atom. The summed E-state index contributed by atoms with van der Waals surface area (Å²) in [4.78, 5) is 15.6. The number of aromatic carboxylic acids is 1. The second-order valence-electron chi connectivity index (χ2n) is 5.00. The molecule has 0 amide bonds. The second-order valence-corrected chi connectivity index (χ2v) is 7.25. The van der Waals surface area contributed by atoms with E-state index in [1.807, 2.05) is 17.6 Å². The zero-order chi connectivity index (χ0) is 15.6. The first-order valence-corrected chi connectivity index (χ1v) is 8.78. The maximum Gasteiger partial charge on any atom is 0.337 e. The van der Waals surface area contributed by atoms with Crippen LogP contribution in [0, 0.1) is 0 Å². The van der Waals surface area contributed by atoms with E-state index in [2.05, 4.69) is 4.98 Å². The molecule has 7 heteroatoms. The number of imidazole rings is 1. The minimum atomic E-state index is -3.00. The zero-order valence-electron chi connectivity index (χ0n) is 12.0. The molecule has 0 aliphatic rings. The molecule has 2 rings (SSSR count). The summed E-state index contributed by atoms with van der Waals surface area (Å²) in [6.45, 7) is 2.45. The predicted molar refractivity (Wildman–Crippen MR) is 80.4 cm³/mol. The number of aryl methyl sites for hydroxylation is 2. The van der Waals surface area contributed by atoms with Crippen molar-refractivity contribution in [1.29, 1.82) is 0 Å². The van der Waals surface area contributed by atoms with Gasteiger partial charge in [-0.05, 0) is 18.6 Å². The molecule has 0 aliphatic heterocycles. The molecule has 0 bridgehead atoms. The van der Waals surface area contributed by atoms with Crippen LogP contribution in [0.25, 0.3) is 11.0 Å². The van der Waals surface area contributed by atoms with E-state index in [4.69, 9.17) is 0 Å². The Morgan fingerprint density at radius 2 is 2.10 bits per heavy atom. The van der Waals surface area contributed by atoms with Crippen LogP contribution in [0.5, 0.6) is 0 Å². The summed E-state index contributed by atoms with van der Waals surface area (Å²) in [5, 5.41) is 9.21. The third kappa shape index (κ3) is 3.41. The van der Waals surface area contributed by atoms with Crippen LogP contribution in [0.2, 0.25) is 0 Å². The van der Waals surface area contributed by atoms with E-state index in [0.29, 0.717) is 24.9 Å². The molecule has 0 atom stereocenters. The van der Waals surface area contributed by atoms with Gasteiger partial charge in [-0.25, -0.2) is 18.2 Å². The minimum absolute atomic E-state index is 0.106. The lowest BCUT2D eigenvalue weighted by atomic mass is 10.2. The number of aromatic nitrogens is 2. The highest BCUT2D eigenvalue weighted by Crippen LogP contribution is 2.21. The predicted octanol–water partition coefficient (Wildman–Crippen LogP) is 1.73. The van der Waals surface area contributed by atoms with Crippen molar-refractivity contribution in [1.82, 2.24) is 9.55 Å². The van der Waals surface area contributed by atoms with Gasteiger partial charge in [0.25, 0.3) is 0 Å². The number of carboxylic acid groups (broad SMARTS) is 1. The lowest BCUT2D eigenvalue weighted by Gasteiger charge is -2.07. The van der Waals surface area contributed by atoms with Crippen molar-refractivity contribution in [2.24, 2.45) is 0 Å². The molecule has 1 N–H and O–H groups in total. The van der Waals surface area contributed by atoms with Gasteiger partial charge in [0.1, 0.15) is 21.2 Å². The van der Waals surface area contributed by atoms with Gasteiger partial charge in [0.15, 0.2) is 0 Å². The molecule has 0 saturated carbocycles. The molecular formula is C14H18N2O4S. The highest BCUT2D eigenvalue weighted by atomic mass is 32.2. The molecule has 114 valence electrons. The Kier molecular flexibility index (Phi) is 4.32. The summed E-state index contributed by atoms with van der Waals surface area (Å²) >= 11 is 0. The quantitative estimate of drug-likeness (QED) is 0.877. The molecular weight excluding hydrogens is 292 g/mol. The van der Waals surface area contributed by atoms with E-state index in [1.54, 1.807) is 6.07 Å². The average molecular weight is 310 g/mol. The van der Waals surface area contributed by atoms with Crippen molar-refractivity contribution in [3.05, 3.63) is 29.6 Å². The number of hydrogen-bond donors (Lipinski definition) is 1. The molecule has 6 nitrogen and oxygen atoms in total. The Morgan fingerprint density at radius 3 is 2.67 bits per heavy atom. The summed E-state index contributed by atoms with van der Waals surface area (Å²) in [6, 6.07) is 5.02. The van der Waals surface area contributed by atoms with Gasteiger partial charge in [0.05, 0.1) is 16.8 Å². The van der Waals surface area contributed by atoms with Crippen LogP contribution in [0.1, 0.15) is 29.5 Å². The standard InChI is InChI=1S/C14H18N2O4S/c1-3-12-15-13-10(14(17)18)6-4-7-11(13)16(12)8-5-9-21(2,19)20/h4,6-7H,3,5,8-9H2,1-2H3,(H,17,18). The molecule has 2 aromatic rings. The fraction of sp³-hybridized carbons (Fsp3) is 0.429. The number of sulfone groups is 1. The summed E-state index contributed by atoms with van der Waals surface area (Å²) < 4.78 is 24.3. The molecule has 0 saturated heterocycles. The number of hydrogen-bond acceptors (Lipinski definition) is 4. The number of carbonyl (C=O) groups is 1. The molecule has 0 unspecified atom stereocenters.